The fourth-order valence-electron chi connectivity index (χ4n) is 2.25. The number of carbonyl (C=O) groups excluding carboxylic acids is 2. The van der Waals surface area contributed by atoms with Gasteiger partial charge in [0.1, 0.15) is 0 Å². The summed E-state index contributed by atoms with van der Waals surface area (Å²) < 4.78 is 43.3. The number of anilines is 1. The molecule has 0 fully saturated rings. The molecule has 0 aliphatic carbocycles. The summed E-state index contributed by atoms with van der Waals surface area (Å²) in [6.07, 6.45) is -5.68. The van der Waals surface area contributed by atoms with Gasteiger partial charge in [0.15, 0.2) is 6.10 Å². The molecule has 0 spiro atoms. The van der Waals surface area contributed by atoms with Gasteiger partial charge in [-0.05, 0) is 50.6 Å². The average molecular weight is 365 g/mol. The van der Waals surface area contributed by atoms with Crippen molar-refractivity contribution in [3.8, 4) is 0 Å². The molecule has 4 nitrogen and oxygen atoms in total. The lowest BCUT2D eigenvalue weighted by atomic mass is 10.1. The van der Waals surface area contributed by atoms with Gasteiger partial charge in [-0.25, -0.2) is 4.79 Å². The van der Waals surface area contributed by atoms with Crippen molar-refractivity contribution in [2.24, 2.45) is 0 Å². The van der Waals surface area contributed by atoms with Crippen molar-refractivity contribution < 1.29 is 27.5 Å². The van der Waals surface area contributed by atoms with E-state index >= 15 is 0 Å². The van der Waals surface area contributed by atoms with Gasteiger partial charge in [-0.15, -0.1) is 0 Å². The van der Waals surface area contributed by atoms with Gasteiger partial charge in [0.2, 0.25) is 0 Å². The lowest BCUT2D eigenvalue weighted by Crippen LogP contribution is -2.30. The predicted molar refractivity (Wildman–Crippen MR) is 90.9 cm³/mol. The zero-order valence-corrected chi connectivity index (χ0v) is 14.5. The van der Waals surface area contributed by atoms with Crippen LogP contribution >= 0.6 is 0 Å². The topological polar surface area (TPSA) is 55.4 Å². The van der Waals surface area contributed by atoms with E-state index < -0.39 is 29.7 Å². The van der Waals surface area contributed by atoms with Crippen LogP contribution in [0.15, 0.2) is 42.5 Å². The summed E-state index contributed by atoms with van der Waals surface area (Å²) in [5, 5.41) is 2.32. The van der Waals surface area contributed by atoms with E-state index in [1.165, 1.54) is 19.1 Å². The molecule has 1 atom stereocenters. The van der Waals surface area contributed by atoms with Gasteiger partial charge in [0.25, 0.3) is 5.91 Å². The normalized spacial score (nSPS) is 12.4. The Hall–Kier alpha value is -2.83. The quantitative estimate of drug-likeness (QED) is 0.812. The summed E-state index contributed by atoms with van der Waals surface area (Å²) in [6, 6.07) is 9.48. The smallest absolute Gasteiger partial charge is 0.416 e. The molecule has 7 heteroatoms. The number of alkyl halides is 3. The van der Waals surface area contributed by atoms with Crippen molar-refractivity contribution >= 4 is 17.6 Å². The summed E-state index contributed by atoms with van der Waals surface area (Å²) in [7, 11) is 0. The maximum Gasteiger partial charge on any atom is 0.416 e. The van der Waals surface area contributed by atoms with Crippen LogP contribution in [0.4, 0.5) is 18.9 Å². The van der Waals surface area contributed by atoms with Crippen molar-refractivity contribution in [2.75, 3.05) is 5.32 Å². The summed E-state index contributed by atoms with van der Waals surface area (Å²) in [4.78, 5) is 24.3. The first-order chi connectivity index (χ1) is 12.1. The van der Waals surface area contributed by atoms with Gasteiger partial charge in [0, 0.05) is 5.69 Å². The third kappa shape index (κ3) is 4.84. The highest BCUT2D eigenvalue weighted by atomic mass is 19.4. The third-order valence-electron chi connectivity index (χ3n) is 3.72. The largest absolute Gasteiger partial charge is 0.449 e. The lowest BCUT2D eigenvalue weighted by molar-refractivity contribution is -0.137. The van der Waals surface area contributed by atoms with E-state index in [2.05, 4.69) is 5.32 Å². The second-order valence-electron chi connectivity index (χ2n) is 5.93. The minimum Gasteiger partial charge on any atom is -0.449 e. The molecular weight excluding hydrogens is 347 g/mol. The third-order valence-corrected chi connectivity index (χ3v) is 3.72. The average Bonchev–Trinajstić information content (AvgIpc) is 2.56. The van der Waals surface area contributed by atoms with E-state index in [1.807, 2.05) is 13.0 Å². The van der Waals surface area contributed by atoms with Crippen molar-refractivity contribution in [1.82, 2.24) is 0 Å². The molecule has 26 heavy (non-hydrogen) atoms. The maximum absolute atomic E-state index is 12.7. The molecule has 0 saturated heterocycles. The van der Waals surface area contributed by atoms with Crippen LogP contribution in [0.3, 0.4) is 0 Å². The van der Waals surface area contributed by atoms with E-state index in [0.29, 0.717) is 11.1 Å². The molecule has 2 aromatic rings. The van der Waals surface area contributed by atoms with Crippen LogP contribution in [0.1, 0.15) is 34.0 Å². The first-order valence-electron chi connectivity index (χ1n) is 7.84. The molecule has 0 aliphatic heterocycles. The molecule has 0 heterocycles. The number of hydrogen-bond donors (Lipinski definition) is 1. The number of carbonyl (C=O) groups is 2. The van der Waals surface area contributed by atoms with E-state index in [1.54, 1.807) is 19.1 Å². The van der Waals surface area contributed by atoms with Crippen LogP contribution in [0, 0.1) is 13.8 Å². The Kier molecular flexibility index (Phi) is 5.69. The number of amides is 1. The van der Waals surface area contributed by atoms with E-state index in [0.717, 1.165) is 17.7 Å². The Morgan fingerprint density at radius 3 is 2.42 bits per heavy atom. The molecule has 0 radical (unpaired) electrons. The number of rotatable bonds is 4. The molecule has 1 amide bonds. The summed E-state index contributed by atoms with van der Waals surface area (Å²) in [6.45, 7) is 4.91. The Bertz CT molecular complexity index is 831. The standard InChI is InChI=1S/C19H18F3NO3/c1-11-7-8-12(2)16(9-11)18(25)26-13(3)17(24)23-15-6-4-5-14(10-15)19(20,21)22/h4-10,13H,1-3H3,(H,23,24)/t13-/m0/s1. The monoisotopic (exact) mass is 365 g/mol. The van der Waals surface area contributed by atoms with Crippen LogP contribution in [0.25, 0.3) is 0 Å². The fourth-order valence-corrected chi connectivity index (χ4v) is 2.25. The second-order valence-corrected chi connectivity index (χ2v) is 5.93. The van der Waals surface area contributed by atoms with Gasteiger partial charge in [-0.1, -0.05) is 23.8 Å². The van der Waals surface area contributed by atoms with Crippen LogP contribution in [0.2, 0.25) is 0 Å². The molecule has 0 bridgehead atoms. The van der Waals surface area contributed by atoms with Crippen molar-refractivity contribution in [3.63, 3.8) is 0 Å². The van der Waals surface area contributed by atoms with E-state index in [9.17, 15) is 22.8 Å². The molecule has 2 aromatic carbocycles. The van der Waals surface area contributed by atoms with E-state index in [-0.39, 0.29) is 5.69 Å². The van der Waals surface area contributed by atoms with Crippen molar-refractivity contribution in [2.45, 2.75) is 33.1 Å². The molecule has 138 valence electrons. The number of hydrogen-bond acceptors (Lipinski definition) is 3. The highest BCUT2D eigenvalue weighted by Gasteiger charge is 2.30. The number of benzene rings is 2. The molecule has 0 aromatic heterocycles. The SMILES string of the molecule is Cc1ccc(C)c(C(=O)O[C@@H](C)C(=O)Nc2cccc(C(F)(F)F)c2)c1. The molecule has 0 unspecified atom stereocenters. The number of ether oxygens (including phenoxy) is 1. The highest BCUT2D eigenvalue weighted by Crippen LogP contribution is 2.30. The minimum atomic E-state index is -4.51. The first-order valence-corrected chi connectivity index (χ1v) is 7.84. The molecular formula is C19H18F3NO3. The fraction of sp³-hybridized carbons (Fsp3) is 0.263. The number of aryl methyl sites for hydroxylation is 2. The second kappa shape index (κ2) is 7.59. The molecule has 0 saturated carbocycles. The van der Waals surface area contributed by atoms with Gasteiger partial charge >= 0.3 is 12.1 Å². The molecule has 0 aliphatic rings. The number of nitrogens with one attached hydrogen (secondary N) is 1. The Morgan fingerprint density at radius 2 is 1.77 bits per heavy atom. The summed E-state index contributed by atoms with van der Waals surface area (Å²) >= 11 is 0. The number of halogens is 3. The number of esters is 1. The van der Waals surface area contributed by atoms with Crippen LogP contribution in [-0.4, -0.2) is 18.0 Å². The Balaban J connectivity index is 2.06. The first kappa shape index (κ1) is 19.5. The van der Waals surface area contributed by atoms with Gasteiger partial charge in [0.05, 0.1) is 11.1 Å². The van der Waals surface area contributed by atoms with E-state index in [4.69, 9.17) is 4.74 Å². The Morgan fingerprint density at radius 1 is 1.08 bits per heavy atom. The van der Waals surface area contributed by atoms with Crippen LogP contribution in [0.5, 0.6) is 0 Å². The Labute approximate surface area is 149 Å². The highest BCUT2D eigenvalue weighted by molar-refractivity contribution is 5.97. The molecule has 1 N–H and O–H groups in total. The van der Waals surface area contributed by atoms with Crippen LogP contribution < -0.4 is 5.32 Å². The maximum atomic E-state index is 12.7. The molecule has 2 rings (SSSR count). The van der Waals surface area contributed by atoms with Gasteiger partial charge in [-0.2, -0.15) is 13.2 Å². The zero-order chi connectivity index (χ0) is 19.5. The van der Waals surface area contributed by atoms with Crippen molar-refractivity contribution in [1.29, 1.82) is 0 Å². The summed E-state index contributed by atoms with van der Waals surface area (Å²) in [5.41, 5.74) is 0.994. The zero-order valence-electron chi connectivity index (χ0n) is 14.5. The van der Waals surface area contributed by atoms with Crippen LogP contribution in [-0.2, 0) is 15.7 Å². The van der Waals surface area contributed by atoms with Gasteiger partial charge < -0.3 is 10.1 Å². The van der Waals surface area contributed by atoms with Crippen molar-refractivity contribution in [3.05, 3.63) is 64.7 Å². The predicted octanol–water partition coefficient (Wildman–Crippen LogP) is 4.51. The minimum absolute atomic E-state index is 0.0283. The van der Waals surface area contributed by atoms with Gasteiger partial charge in [-0.3, -0.25) is 4.79 Å². The summed E-state index contributed by atoms with van der Waals surface area (Å²) in [5.74, 6) is -1.39. The lowest BCUT2D eigenvalue weighted by Gasteiger charge is -2.15.